The van der Waals surface area contributed by atoms with E-state index >= 15 is 0 Å². The summed E-state index contributed by atoms with van der Waals surface area (Å²) in [5.74, 6) is -4.17. The van der Waals surface area contributed by atoms with Crippen LogP contribution in [-0.2, 0) is 0 Å². The van der Waals surface area contributed by atoms with Gasteiger partial charge in [0, 0.05) is 23.5 Å². The topological polar surface area (TPSA) is 53.5 Å². The van der Waals surface area contributed by atoms with E-state index in [9.17, 15) is 40.2 Å². The van der Waals surface area contributed by atoms with Crippen LogP contribution < -0.4 is 15.4 Å². The third-order valence-corrected chi connectivity index (χ3v) is 5.22. The van der Waals surface area contributed by atoms with Crippen LogP contribution in [0.1, 0.15) is 17.0 Å². The maximum Gasteiger partial charge on any atom is 0.405 e. The second-order valence-corrected chi connectivity index (χ2v) is 7.75. The number of halogens is 8. The second-order valence-electron chi connectivity index (χ2n) is 7.75. The molecule has 3 N–H and O–H groups in total. The number of phenolic OH excluding ortho intramolecular Hbond substituents is 1. The molecule has 0 bridgehead atoms. The van der Waals surface area contributed by atoms with Gasteiger partial charge < -0.3 is 20.5 Å². The Morgan fingerprint density at radius 2 is 1.51 bits per heavy atom. The lowest BCUT2D eigenvalue weighted by molar-refractivity contribution is -0.123. The molecule has 1 aliphatic carbocycles. The van der Waals surface area contributed by atoms with Gasteiger partial charge in [-0.1, -0.05) is 18.2 Å². The van der Waals surface area contributed by atoms with Gasteiger partial charge in [-0.05, 0) is 29.8 Å². The Balaban J connectivity index is 2.02. The van der Waals surface area contributed by atoms with E-state index in [-0.39, 0.29) is 5.56 Å². The molecule has 4 nitrogen and oxygen atoms in total. The number of benzene rings is 2. The number of nitrogens with one attached hydrogen (secondary N) is 2. The molecule has 0 radical (unpaired) electrons. The Labute approximate surface area is 194 Å². The SMILES string of the molecule is COc1ccc(C(c2cc(F)c(NCC(F)(F)F)cc2O)C2C=C(F)C(NCC(F)(F)F)=C2)cc1. The average Bonchev–Trinajstić information content (AvgIpc) is 3.13. The van der Waals surface area contributed by atoms with E-state index in [1.807, 2.05) is 10.6 Å². The summed E-state index contributed by atoms with van der Waals surface area (Å²) in [6, 6.07) is 7.74. The largest absolute Gasteiger partial charge is 0.508 e. The highest BCUT2D eigenvalue weighted by Crippen LogP contribution is 2.44. The minimum Gasteiger partial charge on any atom is -0.508 e. The molecule has 2 aromatic rings. The number of allylic oxidation sites excluding steroid dienone is 3. The maximum atomic E-state index is 14.7. The summed E-state index contributed by atoms with van der Waals surface area (Å²) >= 11 is 0. The number of phenols is 1. The first kappa shape index (κ1) is 26.2. The third-order valence-electron chi connectivity index (χ3n) is 5.22. The van der Waals surface area contributed by atoms with Crippen LogP contribution in [0.4, 0.5) is 40.8 Å². The van der Waals surface area contributed by atoms with Crippen LogP contribution in [0.3, 0.4) is 0 Å². The van der Waals surface area contributed by atoms with Gasteiger partial charge in [0.15, 0.2) is 0 Å². The Morgan fingerprint density at radius 3 is 2.09 bits per heavy atom. The number of methoxy groups -OCH3 is 1. The Morgan fingerprint density at radius 1 is 0.914 bits per heavy atom. The molecule has 0 aromatic heterocycles. The van der Waals surface area contributed by atoms with Crippen molar-refractivity contribution in [3.8, 4) is 11.5 Å². The first-order valence-electron chi connectivity index (χ1n) is 10.1. The highest BCUT2D eigenvalue weighted by atomic mass is 19.4. The number of alkyl halides is 6. The minimum absolute atomic E-state index is 0.104. The van der Waals surface area contributed by atoms with Crippen LogP contribution in [0.25, 0.3) is 0 Å². The van der Waals surface area contributed by atoms with Gasteiger partial charge in [-0.25, -0.2) is 8.78 Å². The first-order valence-corrected chi connectivity index (χ1v) is 10.1. The zero-order chi connectivity index (χ0) is 26.0. The van der Waals surface area contributed by atoms with Crippen molar-refractivity contribution >= 4 is 5.69 Å². The molecule has 1 aliphatic rings. The normalized spacial score (nSPS) is 17.0. The summed E-state index contributed by atoms with van der Waals surface area (Å²) in [4.78, 5) is 0. The van der Waals surface area contributed by atoms with Crippen LogP contribution in [-0.4, -0.2) is 37.7 Å². The van der Waals surface area contributed by atoms with Crippen molar-refractivity contribution < 1.29 is 45.0 Å². The minimum atomic E-state index is -4.64. The fraction of sp³-hybridized carbons (Fsp3) is 0.304. The Hall–Kier alpha value is -3.44. The monoisotopic (exact) mass is 508 g/mol. The van der Waals surface area contributed by atoms with Crippen LogP contribution >= 0.6 is 0 Å². The summed E-state index contributed by atoms with van der Waals surface area (Å²) in [6.07, 6.45) is -7.05. The number of anilines is 1. The molecule has 2 atom stereocenters. The number of hydrogen-bond donors (Lipinski definition) is 3. The fourth-order valence-electron chi connectivity index (χ4n) is 3.69. The van der Waals surface area contributed by atoms with E-state index in [1.54, 1.807) is 0 Å². The van der Waals surface area contributed by atoms with Crippen LogP contribution in [0.5, 0.6) is 11.5 Å². The van der Waals surface area contributed by atoms with Crippen LogP contribution in [0.2, 0.25) is 0 Å². The number of ether oxygens (including phenoxy) is 1. The summed E-state index contributed by atoms with van der Waals surface area (Å²) in [6.45, 7) is -3.03. The second kappa shape index (κ2) is 10.0. The van der Waals surface area contributed by atoms with Crippen molar-refractivity contribution in [2.75, 3.05) is 25.5 Å². The predicted molar refractivity (Wildman–Crippen MR) is 112 cm³/mol. The van der Waals surface area contributed by atoms with Gasteiger partial charge in [-0.2, -0.15) is 26.3 Å². The van der Waals surface area contributed by atoms with E-state index in [0.717, 1.165) is 18.2 Å². The molecule has 0 fully saturated rings. The average molecular weight is 508 g/mol. The third kappa shape index (κ3) is 6.80. The Kier molecular flexibility index (Phi) is 7.51. The quantitative estimate of drug-likeness (QED) is 0.374. The van der Waals surface area contributed by atoms with Crippen LogP contribution in [0.15, 0.2) is 60.1 Å². The predicted octanol–water partition coefficient (Wildman–Crippen LogP) is 6.17. The fourth-order valence-corrected chi connectivity index (χ4v) is 3.69. The highest BCUT2D eigenvalue weighted by molar-refractivity contribution is 5.56. The van der Waals surface area contributed by atoms with Gasteiger partial charge >= 0.3 is 12.4 Å². The van der Waals surface area contributed by atoms with Crippen molar-refractivity contribution in [2.24, 2.45) is 5.92 Å². The lowest BCUT2D eigenvalue weighted by Crippen LogP contribution is -2.28. The number of rotatable bonds is 8. The molecule has 190 valence electrons. The van der Waals surface area contributed by atoms with E-state index in [4.69, 9.17) is 4.74 Å². The lowest BCUT2D eigenvalue weighted by Gasteiger charge is -2.24. The molecular formula is C23H20F8N2O2. The van der Waals surface area contributed by atoms with Crippen molar-refractivity contribution in [2.45, 2.75) is 18.3 Å². The van der Waals surface area contributed by atoms with Crippen molar-refractivity contribution in [3.63, 3.8) is 0 Å². The molecule has 0 saturated carbocycles. The smallest absolute Gasteiger partial charge is 0.405 e. The standard InChI is InChI=1S/C23H20F8N2O2/c1-35-14-4-2-12(3-5-14)21(13-6-16(24)18(7-13)32-10-22(26,27)28)15-8-17(25)19(9-20(15)34)33-11-23(29,30)31/h2-9,13,21,32-34H,10-11H2,1H3. The van der Waals surface area contributed by atoms with E-state index in [2.05, 4.69) is 0 Å². The van der Waals surface area contributed by atoms with Gasteiger partial charge in [0.05, 0.1) is 18.5 Å². The molecule has 12 heteroatoms. The van der Waals surface area contributed by atoms with Gasteiger partial charge in [-0.3, -0.25) is 0 Å². The van der Waals surface area contributed by atoms with Crippen molar-refractivity contribution in [3.05, 3.63) is 77.0 Å². The van der Waals surface area contributed by atoms with Crippen molar-refractivity contribution in [1.29, 1.82) is 0 Å². The molecule has 0 saturated heterocycles. The summed E-state index contributed by atoms with van der Waals surface area (Å²) < 4.78 is 109. The van der Waals surface area contributed by atoms with Gasteiger partial charge in [0.2, 0.25) is 0 Å². The van der Waals surface area contributed by atoms with Gasteiger partial charge in [0.1, 0.15) is 36.2 Å². The Bertz CT molecular complexity index is 1110. The zero-order valence-corrected chi connectivity index (χ0v) is 18.1. The molecule has 0 amide bonds. The maximum absolute atomic E-state index is 14.7. The van der Waals surface area contributed by atoms with Crippen LogP contribution in [0, 0.1) is 11.7 Å². The molecular weight excluding hydrogens is 488 g/mol. The molecule has 3 rings (SSSR count). The highest BCUT2D eigenvalue weighted by Gasteiger charge is 2.33. The van der Waals surface area contributed by atoms with Gasteiger partial charge in [0.25, 0.3) is 0 Å². The van der Waals surface area contributed by atoms with E-state index < -0.39 is 66.1 Å². The number of aromatic hydroxyl groups is 1. The molecule has 2 aromatic carbocycles. The van der Waals surface area contributed by atoms with E-state index in [0.29, 0.717) is 11.3 Å². The molecule has 0 aliphatic heterocycles. The molecule has 0 spiro atoms. The zero-order valence-electron chi connectivity index (χ0n) is 18.1. The van der Waals surface area contributed by atoms with E-state index in [1.165, 1.54) is 37.5 Å². The van der Waals surface area contributed by atoms with Crippen molar-refractivity contribution in [1.82, 2.24) is 5.32 Å². The summed E-state index contributed by atoms with van der Waals surface area (Å²) in [5, 5.41) is 14.4. The number of hydrogen-bond acceptors (Lipinski definition) is 4. The summed E-state index contributed by atoms with van der Waals surface area (Å²) in [5.41, 5.74) is -0.714. The molecule has 2 unspecified atom stereocenters. The molecule has 35 heavy (non-hydrogen) atoms. The molecule has 0 heterocycles. The van der Waals surface area contributed by atoms with Gasteiger partial charge in [-0.15, -0.1) is 0 Å². The summed E-state index contributed by atoms with van der Waals surface area (Å²) in [7, 11) is 1.41. The lowest BCUT2D eigenvalue weighted by atomic mass is 9.80. The first-order chi connectivity index (χ1) is 16.3.